The molecule has 0 bridgehead atoms. The van der Waals surface area contributed by atoms with Crippen LogP contribution in [0.5, 0.6) is 0 Å². The second-order valence-corrected chi connectivity index (χ2v) is 9.90. The average Bonchev–Trinajstić information content (AvgIpc) is 3.28. The van der Waals surface area contributed by atoms with Crippen molar-refractivity contribution in [2.75, 3.05) is 53.0 Å². The minimum atomic E-state index is -4.74. The quantitative estimate of drug-likeness (QED) is 0.491. The fraction of sp³-hybridized carbons (Fsp3) is 0.500. The van der Waals surface area contributed by atoms with Gasteiger partial charge in [-0.25, -0.2) is 4.39 Å². The number of ether oxygens (including phenoxy) is 1. The highest BCUT2D eigenvalue weighted by Crippen LogP contribution is 2.34. The van der Waals surface area contributed by atoms with Gasteiger partial charge in [-0.2, -0.15) is 13.2 Å². The lowest BCUT2D eigenvalue weighted by Crippen LogP contribution is -2.40. The maximum absolute atomic E-state index is 14.1. The Labute approximate surface area is 213 Å². The van der Waals surface area contributed by atoms with Gasteiger partial charge in [0.05, 0.1) is 18.8 Å². The van der Waals surface area contributed by atoms with E-state index in [9.17, 15) is 22.4 Å². The van der Waals surface area contributed by atoms with Crippen molar-refractivity contribution in [1.29, 1.82) is 0 Å². The van der Waals surface area contributed by atoms with E-state index in [1.54, 1.807) is 6.07 Å². The normalized spacial score (nSPS) is 21.4. The number of benzene rings is 2. The number of hydrogen-bond donors (Lipinski definition) is 0. The largest absolute Gasteiger partial charge is 0.419 e. The molecular weight excluding hydrogens is 498 g/mol. The van der Waals surface area contributed by atoms with Crippen LogP contribution >= 0.6 is 11.6 Å². The van der Waals surface area contributed by atoms with E-state index >= 15 is 0 Å². The molecule has 2 aliphatic heterocycles. The number of alkyl halides is 3. The molecule has 0 aliphatic carbocycles. The zero-order chi connectivity index (χ0) is 25.9. The molecule has 10 heteroatoms. The maximum Gasteiger partial charge on any atom is 0.419 e. The van der Waals surface area contributed by atoms with Gasteiger partial charge in [0.2, 0.25) is 5.91 Å². The van der Waals surface area contributed by atoms with Crippen LogP contribution in [0.25, 0.3) is 0 Å². The molecule has 0 aromatic heterocycles. The predicted octanol–water partition coefficient (Wildman–Crippen LogP) is 4.65. The summed E-state index contributed by atoms with van der Waals surface area (Å²) in [5.74, 6) is -1.27. The third-order valence-electron chi connectivity index (χ3n) is 7.00. The Morgan fingerprint density at radius 2 is 1.89 bits per heavy atom. The Balaban J connectivity index is 1.48. The van der Waals surface area contributed by atoms with E-state index in [0.29, 0.717) is 49.9 Å². The molecule has 0 radical (unpaired) electrons. The standard InChI is InChI=1S/C26H30ClF4N3O2/c1-32(15-18-5-6-22(23(28)13-18)26(29,30)31)24-17-34(16-21(24)19-3-2-4-20(27)14-19)25(35)7-8-33-9-11-36-12-10-33/h2-6,13-14,21,24H,7-12,15-17H2,1H3/t21-,24-/m1/s1. The fourth-order valence-electron chi connectivity index (χ4n) is 5.03. The van der Waals surface area contributed by atoms with E-state index in [0.717, 1.165) is 30.8 Å². The number of likely N-dealkylation sites (N-methyl/N-ethyl adjacent to an activating group) is 1. The lowest BCUT2D eigenvalue weighted by Gasteiger charge is -2.29. The zero-order valence-corrected chi connectivity index (χ0v) is 20.9. The van der Waals surface area contributed by atoms with Crippen LogP contribution in [-0.4, -0.2) is 79.6 Å². The SMILES string of the molecule is CN(Cc1ccc(C(F)(F)F)c(F)c1)[C@@H]1CN(C(=O)CCN2CCOCC2)C[C@@H]1c1cccc(Cl)c1. The van der Waals surface area contributed by atoms with Gasteiger partial charge >= 0.3 is 6.18 Å². The van der Waals surface area contributed by atoms with Crippen molar-refractivity contribution >= 4 is 17.5 Å². The summed E-state index contributed by atoms with van der Waals surface area (Å²) < 4.78 is 58.4. The van der Waals surface area contributed by atoms with Crippen LogP contribution in [0.15, 0.2) is 42.5 Å². The Hall–Kier alpha value is -2.20. The van der Waals surface area contributed by atoms with Gasteiger partial charge in [-0.1, -0.05) is 29.8 Å². The highest BCUT2D eigenvalue weighted by molar-refractivity contribution is 6.30. The van der Waals surface area contributed by atoms with Crippen molar-refractivity contribution < 1.29 is 27.1 Å². The first-order valence-corrected chi connectivity index (χ1v) is 12.4. The Morgan fingerprint density at radius 3 is 2.56 bits per heavy atom. The molecule has 0 spiro atoms. The van der Waals surface area contributed by atoms with Crippen LogP contribution in [0, 0.1) is 5.82 Å². The van der Waals surface area contributed by atoms with Crippen LogP contribution in [-0.2, 0) is 22.3 Å². The summed E-state index contributed by atoms with van der Waals surface area (Å²) in [7, 11) is 1.85. The van der Waals surface area contributed by atoms with Crippen molar-refractivity contribution in [3.05, 3.63) is 70.0 Å². The molecule has 0 saturated carbocycles. The molecule has 2 saturated heterocycles. The van der Waals surface area contributed by atoms with Gasteiger partial charge in [0.15, 0.2) is 0 Å². The van der Waals surface area contributed by atoms with Gasteiger partial charge in [-0.3, -0.25) is 14.6 Å². The van der Waals surface area contributed by atoms with Gasteiger partial charge < -0.3 is 9.64 Å². The predicted molar refractivity (Wildman–Crippen MR) is 129 cm³/mol. The molecular formula is C26H30ClF4N3O2. The topological polar surface area (TPSA) is 36.0 Å². The van der Waals surface area contributed by atoms with Crippen molar-refractivity contribution in [3.8, 4) is 0 Å². The lowest BCUT2D eigenvalue weighted by molar-refractivity contribution is -0.140. The smallest absolute Gasteiger partial charge is 0.379 e. The number of carbonyl (C=O) groups is 1. The van der Waals surface area contributed by atoms with Gasteiger partial charge in [-0.15, -0.1) is 0 Å². The molecule has 36 heavy (non-hydrogen) atoms. The van der Waals surface area contributed by atoms with Gasteiger partial charge in [0.1, 0.15) is 5.82 Å². The van der Waals surface area contributed by atoms with Gasteiger partial charge in [-0.05, 0) is 42.4 Å². The number of morpholine rings is 1. The van der Waals surface area contributed by atoms with Crippen molar-refractivity contribution in [2.45, 2.75) is 31.1 Å². The first-order valence-electron chi connectivity index (χ1n) is 12.0. The zero-order valence-electron chi connectivity index (χ0n) is 20.1. The number of halogens is 5. The number of amides is 1. The lowest BCUT2D eigenvalue weighted by atomic mass is 9.93. The van der Waals surface area contributed by atoms with E-state index < -0.39 is 17.6 Å². The second kappa shape index (κ2) is 11.5. The van der Waals surface area contributed by atoms with E-state index in [2.05, 4.69) is 4.90 Å². The van der Waals surface area contributed by atoms with Crippen LogP contribution in [0.2, 0.25) is 5.02 Å². The van der Waals surface area contributed by atoms with Crippen molar-refractivity contribution in [1.82, 2.24) is 14.7 Å². The molecule has 2 fully saturated rings. The first kappa shape index (κ1) is 26.9. The molecule has 2 atom stereocenters. The molecule has 0 N–H and O–H groups in total. The van der Waals surface area contributed by atoms with Crippen LogP contribution in [0.4, 0.5) is 17.6 Å². The summed E-state index contributed by atoms with van der Waals surface area (Å²) in [6.45, 7) is 4.87. The Kier molecular flexibility index (Phi) is 8.55. The van der Waals surface area contributed by atoms with Crippen LogP contribution < -0.4 is 0 Å². The molecule has 2 aromatic rings. The second-order valence-electron chi connectivity index (χ2n) is 9.46. The highest BCUT2D eigenvalue weighted by Gasteiger charge is 2.39. The van der Waals surface area contributed by atoms with Gasteiger partial charge in [0.25, 0.3) is 0 Å². The summed E-state index contributed by atoms with van der Waals surface area (Å²) in [6.07, 6.45) is -4.33. The summed E-state index contributed by atoms with van der Waals surface area (Å²) in [4.78, 5) is 19.1. The summed E-state index contributed by atoms with van der Waals surface area (Å²) in [6, 6.07) is 10.4. The van der Waals surface area contributed by atoms with Gasteiger partial charge in [0, 0.05) is 62.7 Å². The molecule has 2 aromatic carbocycles. The summed E-state index contributed by atoms with van der Waals surface area (Å²) in [5.41, 5.74) is 0.148. The monoisotopic (exact) mass is 527 g/mol. The molecule has 5 nitrogen and oxygen atoms in total. The van der Waals surface area contributed by atoms with Crippen LogP contribution in [0.1, 0.15) is 29.0 Å². The Morgan fingerprint density at radius 1 is 1.14 bits per heavy atom. The number of nitrogens with zero attached hydrogens (tertiary/aromatic N) is 3. The third kappa shape index (κ3) is 6.56. The summed E-state index contributed by atoms with van der Waals surface area (Å²) in [5, 5.41) is 0.593. The molecule has 1 amide bonds. The number of likely N-dealkylation sites (tertiary alicyclic amines) is 1. The number of carbonyl (C=O) groups excluding carboxylic acids is 1. The average molecular weight is 528 g/mol. The molecule has 196 valence electrons. The highest BCUT2D eigenvalue weighted by atomic mass is 35.5. The molecule has 4 rings (SSSR count). The van der Waals surface area contributed by atoms with E-state index in [1.165, 1.54) is 6.07 Å². The van der Waals surface area contributed by atoms with E-state index in [4.69, 9.17) is 16.3 Å². The minimum Gasteiger partial charge on any atom is -0.379 e. The number of rotatable bonds is 7. The summed E-state index contributed by atoms with van der Waals surface area (Å²) >= 11 is 6.24. The molecule has 2 aliphatic rings. The third-order valence-corrected chi connectivity index (χ3v) is 7.24. The molecule has 2 heterocycles. The number of hydrogen-bond acceptors (Lipinski definition) is 4. The van der Waals surface area contributed by atoms with E-state index in [-0.39, 0.29) is 24.4 Å². The van der Waals surface area contributed by atoms with Crippen molar-refractivity contribution in [3.63, 3.8) is 0 Å². The minimum absolute atomic E-state index is 0.0414. The van der Waals surface area contributed by atoms with E-state index in [1.807, 2.05) is 35.0 Å². The Bertz CT molecular complexity index is 1060. The maximum atomic E-state index is 14.1. The van der Waals surface area contributed by atoms with Crippen LogP contribution in [0.3, 0.4) is 0 Å². The molecule has 0 unspecified atom stereocenters. The fourth-order valence-corrected chi connectivity index (χ4v) is 5.23. The van der Waals surface area contributed by atoms with Crippen molar-refractivity contribution in [2.24, 2.45) is 0 Å². The first-order chi connectivity index (χ1) is 17.1.